The maximum Gasteiger partial charge on any atom is 0.0416 e. The van der Waals surface area contributed by atoms with Gasteiger partial charge in [-0.05, 0) is 50.2 Å². The second-order valence-electron chi connectivity index (χ2n) is 4.78. The molecule has 0 aliphatic rings. The van der Waals surface area contributed by atoms with Crippen LogP contribution in [0.4, 0.5) is 0 Å². The average molecular weight is 252 g/mol. The predicted octanol–water partition coefficient (Wildman–Crippen LogP) is 2.90. The average Bonchev–Trinajstić information content (AvgIpc) is 2.35. The molecule has 1 heterocycles. The summed E-state index contributed by atoms with van der Waals surface area (Å²) in [5.41, 5.74) is 1.18. The molecule has 0 amide bonds. The number of pyridine rings is 1. The largest absolute Gasteiger partial charge is 0.306 e. The van der Waals surface area contributed by atoms with Gasteiger partial charge in [-0.1, -0.05) is 13.0 Å². The first kappa shape index (κ1) is 14.5. The molecule has 0 saturated carbocycles. The van der Waals surface area contributed by atoms with Crippen LogP contribution in [0, 0.1) is 5.92 Å². The van der Waals surface area contributed by atoms with Crippen LogP contribution >= 0.6 is 12.6 Å². The minimum Gasteiger partial charge on any atom is -0.306 e. The van der Waals surface area contributed by atoms with E-state index in [2.05, 4.69) is 48.6 Å². The lowest BCUT2D eigenvalue weighted by atomic mass is 10.1. The Kier molecular flexibility index (Phi) is 7.29. The molecule has 0 radical (unpaired) electrons. The van der Waals surface area contributed by atoms with Gasteiger partial charge in [0.05, 0.1) is 0 Å². The van der Waals surface area contributed by atoms with Crippen LogP contribution in [-0.4, -0.2) is 35.8 Å². The fourth-order valence-corrected chi connectivity index (χ4v) is 2.21. The highest BCUT2D eigenvalue weighted by Gasteiger charge is 2.04. The van der Waals surface area contributed by atoms with E-state index in [1.54, 1.807) is 0 Å². The summed E-state index contributed by atoms with van der Waals surface area (Å²) in [6.45, 7) is 4.56. The lowest BCUT2D eigenvalue weighted by Gasteiger charge is -2.18. The molecule has 0 aliphatic carbocycles. The Morgan fingerprint density at radius 2 is 2.12 bits per heavy atom. The number of likely N-dealkylation sites (N-methyl/N-ethyl adjacent to an activating group) is 1. The summed E-state index contributed by atoms with van der Waals surface area (Å²) in [6, 6.07) is 6.11. The fourth-order valence-electron chi connectivity index (χ4n) is 1.77. The molecule has 0 aliphatic heterocycles. The molecule has 0 aromatic carbocycles. The van der Waals surface area contributed by atoms with Crippen molar-refractivity contribution in [2.24, 2.45) is 5.92 Å². The molecule has 0 fully saturated rings. The number of hydrogen-bond acceptors (Lipinski definition) is 3. The lowest BCUT2D eigenvalue weighted by molar-refractivity contribution is 0.306. The molecule has 1 rings (SSSR count). The number of hydrogen-bond donors (Lipinski definition) is 1. The SMILES string of the molecule is CC(CCS)CCN(C)CCc1ccccn1. The highest BCUT2D eigenvalue weighted by atomic mass is 32.1. The number of nitrogens with zero attached hydrogens (tertiary/aromatic N) is 2. The minimum absolute atomic E-state index is 0.782. The normalized spacial score (nSPS) is 12.9. The maximum absolute atomic E-state index is 4.34. The first-order chi connectivity index (χ1) is 8.22. The summed E-state index contributed by atoms with van der Waals surface area (Å²) in [6.07, 6.45) is 5.39. The molecule has 17 heavy (non-hydrogen) atoms. The smallest absolute Gasteiger partial charge is 0.0416 e. The molecule has 3 heteroatoms. The van der Waals surface area contributed by atoms with Crippen LogP contribution in [0.25, 0.3) is 0 Å². The van der Waals surface area contributed by atoms with Crippen LogP contribution in [-0.2, 0) is 6.42 Å². The molecule has 0 spiro atoms. The molecule has 0 saturated heterocycles. The summed E-state index contributed by atoms with van der Waals surface area (Å²) in [4.78, 5) is 6.73. The molecular weight excluding hydrogens is 228 g/mol. The zero-order valence-corrected chi connectivity index (χ0v) is 11.9. The van der Waals surface area contributed by atoms with Crippen molar-refractivity contribution < 1.29 is 0 Å². The van der Waals surface area contributed by atoms with E-state index >= 15 is 0 Å². The summed E-state index contributed by atoms with van der Waals surface area (Å²) in [5, 5.41) is 0. The van der Waals surface area contributed by atoms with Gasteiger partial charge in [-0.25, -0.2) is 0 Å². The number of aromatic nitrogens is 1. The van der Waals surface area contributed by atoms with E-state index in [1.807, 2.05) is 12.3 Å². The first-order valence-electron chi connectivity index (χ1n) is 6.41. The van der Waals surface area contributed by atoms with Gasteiger partial charge < -0.3 is 4.90 Å². The molecule has 96 valence electrons. The standard InChI is InChI=1S/C14H24N2S/c1-13(8-12-17)6-10-16(2)11-7-14-5-3-4-9-15-14/h3-5,9,13,17H,6-8,10-12H2,1-2H3. The monoisotopic (exact) mass is 252 g/mol. The summed E-state index contributed by atoms with van der Waals surface area (Å²) in [5.74, 6) is 1.78. The Morgan fingerprint density at radius 3 is 2.76 bits per heavy atom. The Morgan fingerprint density at radius 1 is 1.29 bits per heavy atom. The Labute approximate surface area is 111 Å². The van der Waals surface area contributed by atoms with E-state index in [9.17, 15) is 0 Å². The van der Waals surface area contributed by atoms with E-state index in [4.69, 9.17) is 0 Å². The van der Waals surface area contributed by atoms with Crippen molar-refractivity contribution in [2.45, 2.75) is 26.2 Å². The van der Waals surface area contributed by atoms with Crippen LogP contribution in [0.3, 0.4) is 0 Å². The number of rotatable bonds is 8. The van der Waals surface area contributed by atoms with Crippen molar-refractivity contribution >= 4 is 12.6 Å². The van der Waals surface area contributed by atoms with E-state index < -0.39 is 0 Å². The zero-order valence-electron chi connectivity index (χ0n) is 11.0. The fraction of sp³-hybridized carbons (Fsp3) is 0.643. The van der Waals surface area contributed by atoms with Gasteiger partial charge in [0.15, 0.2) is 0 Å². The van der Waals surface area contributed by atoms with Gasteiger partial charge in [-0.3, -0.25) is 4.98 Å². The molecule has 1 unspecified atom stereocenters. The third-order valence-corrected chi connectivity index (χ3v) is 3.36. The van der Waals surface area contributed by atoms with Crippen molar-refractivity contribution in [3.8, 4) is 0 Å². The lowest BCUT2D eigenvalue weighted by Crippen LogP contribution is -2.24. The van der Waals surface area contributed by atoms with Crippen molar-refractivity contribution in [3.63, 3.8) is 0 Å². The van der Waals surface area contributed by atoms with Crippen LogP contribution in [0.2, 0.25) is 0 Å². The van der Waals surface area contributed by atoms with E-state index in [0.29, 0.717) is 0 Å². The molecule has 0 N–H and O–H groups in total. The van der Waals surface area contributed by atoms with Gasteiger partial charge in [-0.2, -0.15) is 12.6 Å². The zero-order chi connectivity index (χ0) is 12.5. The number of thiol groups is 1. The van der Waals surface area contributed by atoms with Gasteiger partial charge in [0, 0.05) is 24.9 Å². The van der Waals surface area contributed by atoms with Crippen LogP contribution in [0.15, 0.2) is 24.4 Å². The highest BCUT2D eigenvalue weighted by molar-refractivity contribution is 7.80. The van der Waals surface area contributed by atoms with Gasteiger partial charge in [0.2, 0.25) is 0 Å². The van der Waals surface area contributed by atoms with Crippen molar-refractivity contribution in [2.75, 3.05) is 25.9 Å². The third kappa shape index (κ3) is 6.69. The van der Waals surface area contributed by atoms with Crippen molar-refractivity contribution in [1.29, 1.82) is 0 Å². The predicted molar refractivity (Wildman–Crippen MR) is 77.7 cm³/mol. The van der Waals surface area contributed by atoms with E-state index in [-0.39, 0.29) is 0 Å². The Hall–Kier alpha value is -0.540. The first-order valence-corrected chi connectivity index (χ1v) is 7.05. The topological polar surface area (TPSA) is 16.1 Å². The minimum atomic E-state index is 0.782. The van der Waals surface area contributed by atoms with Gasteiger partial charge in [0.1, 0.15) is 0 Å². The molecule has 2 nitrogen and oxygen atoms in total. The maximum atomic E-state index is 4.34. The van der Waals surface area contributed by atoms with Crippen LogP contribution in [0.1, 0.15) is 25.5 Å². The third-order valence-electron chi connectivity index (χ3n) is 3.10. The van der Waals surface area contributed by atoms with Crippen molar-refractivity contribution in [3.05, 3.63) is 30.1 Å². The van der Waals surface area contributed by atoms with Crippen LogP contribution in [0.5, 0.6) is 0 Å². The van der Waals surface area contributed by atoms with Gasteiger partial charge in [0.25, 0.3) is 0 Å². The quantitative estimate of drug-likeness (QED) is 0.716. The van der Waals surface area contributed by atoms with Crippen LogP contribution < -0.4 is 0 Å². The van der Waals surface area contributed by atoms with Crippen molar-refractivity contribution in [1.82, 2.24) is 9.88 Å². The summed E-state index contributed by atoms with van der Waals surface area (Å²) < 4.78 is 0. The molecule has 1 atom stereocenters. The molecule has 1 aromatic rings. The van der Waals surface area contributed by atoms with Gasteiger partial charge >= 0.3 is 0 Å². The molecule has 1 aromatic heterocycles. The molecular formula is C14H24N2S. The summed E-state index contributed by atoms with van der Waals surface area (Å²) >= 11 is 4.27. The second kappa shape index (κ2) is 8.54. The van der Waals surface area contributed by atoms with Gasteiger partial charge in [-0.15, -0.1) is 0 Å². The van der Waals surface area contributed by atoms with E-state index in [1.165, 1.54) is 25.1 Å². The Bertz CT molecular complexity index is 290. The highest BCUT2D eigenvalue weighted by Crippen LogP contribution is 2.09. The Balaban J connectivity index is 2.15. The van der Waals surface area contributed by atoms with E-state index in [0.717, 1.165) is 24.6 Å². The second-order valence-corrected chi connectivity index (χ2v) is 5.23. The summed E-state index contributed by atoms with van der Waals surface area (Å²) in [7, 11) is 2.19. The molecule has 0 bridgehead atoms.